The molecule has 0 aliphatic heterocycles. The van der Waals surface area contributed by atoms with Crippen LogP contribution >= 0.6 is 46.4 Å². The number of carboxylic acids is 2. The molecule has 6 rings (SSSR count). The topological polar surface area (TPSA) is 117 Å². The Kier molecular flexibility index (Phi) is 15.3. The van der Waals surface area contributed by atoms with E-state index in [1.165, 1.54) is 0 Å². The van der Waals surface area contributed by atoms with Crippen molar-refractivity contribution in [2.24, 2.45) is 0 Å². The molecule has 0 aromatic heterocycles. The predicted octanol–water partition coefficient (Wildman–Crippen LogP) is 9.31. The summed E-state index contributed by atoms with van der Waals surface area (Å²) in [6, 6.07) is 39.8. The number of benzene rings is 6. The zero-order valence-electron chi connectivity index (χ0n) is 27.1. The van der Waals surface area contributed by atoms with Crippen molar-refractivity contribution in [3.8, 4) is 34.5 Å². The van der Waals surface area contributed by atoms with E-state index in [1.807, 2.05) is 0 Å². The van der Waals surface area contributed by atoms with E-state index in [0.717, 1.165) is 0 Å². The van der Waals surface area contributed by atoms with E-state index < -0.39 is 24.1 Å². The molecule has 6 aromatic rings. The van der Waals surface area contributed by atoms with Crippen molar-refractivity contribution >= 4 is 58.3 Å². The van der Waals surface area contributed by atoms with Gasteiger partial charge in [-0.3, -0.25) is 0 Å². The molecule has 0 amide bonds. The van der Waals surface area contributed by atoms with Gasteiger partial charge in [0.05, 0.1) is 11.9 Å². The maximum absolute atomic E-state index is 11.5. The summed E-state index contributed by atoms with van der Waals surface area (Å²) in [6.45, 7) is 0. The van der Waals surface area contributed by atoms with Crippen LogP contribution in [-0.2, 0) is 26.7 Å². The van der Waals surface area contributed by atoms with Gasteiger partial charge in [0.25, 0.3) is 0 Å². The Hall–Kier alpha value is -4.86. The predicted molar refractivity (Wildman–Crippen MR) is 196 cm³/mol. The molecule has 0 saturated heterocycles. The zero-order valence-corrected chi connectivity index (χ0v) is 31.1. The Morgan fingerprint density at radius 1 is 0.377 bits per heavy atom. The Bertz CT molecular complexity index is 1910. The second-order valence-electron chi connectivity index (χ2n) is 10.8. The van der Waals surface area contributed by atoms with Crippen molar-refractivity contribution in [2.75, 3.05) is 0 Å². The van der Waals surface area contributed by atoms with Gasteiger partial charge < -0.3 is 38.7 Å². The third-order valence-electron chi connectivity index (χ3n) is 7.03. The van der Waals surface area contributed by atoms with Crippen molar-refractivity contribution in [2.45, 2.75) is 12.2 Å². The van der Waals surface area contributed by atoms with Crippen molar-refractivity contribution in [1.29, 1.82) is 0 Å². The molecule has 0 spiro atoms. The van der Waals surface area contributed by atoms with Gasteiger partial charge in [0.15, 0.2) is 12.2 Å². The minimum Gasteiger partial charge on any atom is -0.546 e. The van der Waals surface area contributed by atoms with Gasteiger partial charge >= 0.3 is 17.1 Å². The fourth-order valence-electron chi connectivity index (χ4n) is 4.50. The van der Waals surface area contributed by atoms with Crippen molar-refractivity contribution < 1.29 is 55.8 Å². The van der Waals surface area contributed by atoms with Crippen LogP contribution in [-0.4, -0.2) is 11.9 Å². The minimum absolute atomic E-state index is 0. The van der Waals surface area contributed by atoms with Gasteiger partial charge in [-0.25, -0.2) is 0 Å². The van der Waals surface area contributed by atoms with Crippen molar-refractivity contribution in [3.63, 3.8) is 0 Å². The van der Waals surface area contributed by atoms with Gasteiger partial charge in [-0.1, -0.05) is 70.7 Å². The van der Waals surface area contributed by atoms with Crippen molar-refractivity contribution in [1.82, 2.24) is 0 Å². The first-order valence-electron chi connectivity index (χ1n) is 15.4. The fourth-order valence-corrected chi connectivity index (χ4v) is 5.01. The van der Waals surface area contributed by atoms with E-state index in [2.05, 4.69) is 0 Å². The van der Waals surface area contributed by atoms with E-state index in [9.17, 15) is 19.8 Å². The monoisotopic (exact) mass is 837 g/mol. The summed E-state index contributed by atoms with van der Waals surface area (Å²) in [5, 5.41) is 25.2. The largest absolute Gasteiger partial charge is 2.00 e. The van der Waals surface area contributed by atoms with Crippen LogP contribution in [0.1, 0.15) is 23.3 Å². The molecule has 0 N–H and O–H groups in total. The molecule has 0 bridgehead atoms. The SMILES string of the molecule is O=C([O-])C(Oc1ccc(Cl)cc1)c1ccc(Oc2ccc(Cl)cc2)cc1.O=C([O-])C(Oc1ccc(Cl)cc1)c1ccc(Oc2ccc(Cl)cc2)cc1.[Cu+2]. The molecule has 0 fully saturated rings. The molecular weight excluding hydrogens is 814 g/mol. The van der Waals surface area contributed by atoms with Gasteiger partial charge in [0.1, 0.15) is 34.5 Å². The first-order chi connectivity index (χ1) is 25.0. The normalized spacial score (nSPS) is 11.4. The maximum Gasteiger partial charge on any atom is 2.00 e. The number of carbonyl (C=O) groups is 2. The number of aliphatic carboxylic acids is 2. The van der Waals surface area contributed by atoms with Gasteiger partial charge in [-0.05, 0) is 132 Å². The van der Waals surface area contributed by atoms with E-state index in [0.29, 0.717) is 65.7 Å². The summed E-state index contributed by atoms with van der Waals surface area (Å²) < 4.78 is 22.4. The van der Waals surface area contributed by atoms with E-state index in [1.54, 1.807) is 146 Å². The standard InChI is InChI=1S/2C20H14Cl2O4.Cu/c2*21-14-3-9-17(10-4-14)25-16-7-1-13(2-8-16)19(20(23)24)26-18-11-5-15(22)6-12-18;/h2*1-12,19H,(H,23,24);/q;;+2/p-2. The molecule has 6 aromatic carbocycles. The fraction of sp³-hybridized carbons (Fsp3) is 0.0500. The Morgan fingerprint density at radius 2 is 0.585 bits per heavy atom. The maximum atomic E-state index is 11.5. The second-order valence-corrected chi connectivity index (χ2v) is 12.5. The van der Waals surface area contributed by atoms with Crippen LogP contribution in [0.4, 0.5) is 0 Å². The molecule has 8 nitrogen and oxygen atoms in total. The number of carboxylic acid groups (broad SMARTS) is 2. The zero-order chi connectivity index (χ0) is 37.0. The van der Waals surface area contributed by atoms with Crippen LogP contribution in [0, 0.1) is 0 Å². The smallest absolute Gasteiger partial charge is 0.546 e. The summed E-state index contributed by atoms with van der Waals surface area (Å²) >= 11 is 23.3. The summed E-state index contributed by atoms with van der Waals surface area (Å²) in [4.78, 5) is 22.9. The molecule has 2 unspecified atom stereocenters. The first-order valence-corrected chi connectivity index (χ1v) is 16.9. The third-order valence-corrected chi connectivity index (χ3v) is 8.04. The molecule has 273 valence electrons. The summed E-state index contributed by atoms with van der Waals surface area (Å²) in [5.41, 5.74) is 0.867. The van der Waals surface area contributed by atoms with Gasteiger partial charge in [-0.2, -0.15) is 0 Å². The van der Waals surface area contributed by atoms with Crippen LogP contribution in [0.15, 0.2) is 146 Å². The van der Waals surface area contributed by atoms with Crippen molar-refractivity contribution in [3.05, 3.63) is 177 Å². The molecule has 0 heterocycles. The molecule has 13 heteroatoms. The minimum atomic E-state index is -1.34. The average Bonchev–Trinajstić information content (AvgIpc) is 3.14. The van der Waals surface area contributed by atoms with E-state index in [4.69, 9.17) is 65.4 Å². The molecule has 0 saturated carbocycles. The van der Waals surface area contributed by atoms with Crippen LogP contribution < -0.4 is 29.2 Å². The van der Waals surface area contributed by atoms with Crippen LogP contribution in [0.2, 0.25) is 20.1 Å². The third kappa shape index (κ3) is 12.6. The number of hydrogen-bond acceptors (Lipinski definition) is 8. The van der Waals surface area contributed by atoms with Gasteiger partial charge in [-0.15, -0.1) is 0 Å². The first kappa shape index (κ1) is 40.9. The molecule has 53 heavy (non-hydrogen) atoms. The van der Waals surface area contributed by atoms with Crippen LogP contribution in [0.25, 0.3) is 0 Å². The average molecular weight is 840 g/mol. The Labute approximate surface area is 335 Å². The summed E-state index contributed by atoms with van der Waals surface area (Å²) in [6.07, 6.45) is -2.50. The number of carbonyl (C=O) groups excluding carboxylic acids is 2. The van der Waals surface area contributed by atoms with E-state index in [-0.39, 0.29) is 17.1 Å². The van der Waals surface area contributed by atoms with Crippen LogP contribution in [0.5, 0.6) is 34.5 Å². The summed E-state index contributed by atoms with van der Waals surface area (Å²) in [7, 11) is 0. The Morgan fingerprint density at radius 3 is 0.811 bits per heavy atom. The number of hydrogen-bond donors (Lipinski definition) is 0. The van der Waals surface area contributed by atoms with Crippen LogP contribution in [0.3, 0.4) is 0 Å². The van der Waals surface area contributed by atoms with Gasteiger partial charge in [0, 0.05) is 20.1 Å². The second kappa shape index (κ2) is 19.8. The molecule has 0 aliphatic rings. The van der Waals surface area contributed by atoms with E-state index >= 15 is 0 Å². The summed E-state index contributed by atoms with van der Waals surface area (Å²) in [5.74, 6) is 0.430. The number of rotatable bonds is 12. The molecule has 0 aliphatic carbocycles. The number of halogens is 4. The Balaban J connectivity index is 0.000000232. The van der Waals surface area contributed by atoms with Gasteiger partial charge in [0.2, 0.25) is 0 Å². The quantitative estimate of drug-likeness (QED) is 0.112. The molecule has 1 radical (unpaired) electrons. The molecule has 2 atom stereocenters. The number of ether oxygens (including phenoxy) is 4. The molecular formula is C40H26Cl4CuO8.